The van der Waals surface area contributed by atoms with E-state index < -0.39 is 10.0 Å². The van der Waals surface area contributed by atoms with Crippen molar-refractivity contribution in [2.45, 2.75) is 18.9 Å². The Kier molecular flexibility index (Phi) is 4.19. The molecule has 0 aliphatic carbocycles. The molecule has 0 saturated carbocycles. The van der Waals surface area contributed by atoms with Crippen LogP contribution >= 0.6 is 0 Å². The number of nitrogens with one attached hydrogen (secondary N) is 2. The van der Waals surface area contributed by atoms with E-state index in [4.69, 9.17) is 0 Å². The molecule has 0 spiro atoms. The van der Waals surface area contributed by atoms with Crippen LogP contribution in [0.25, 0.3) is 0 Å². The number of aryl methyl sites for hydroxylation is 1. The Labute approximate surface area is 118 Å². The van der Waals surface area contributed by atoms with Crippen LogP contribution in [0, 0.1) is 6.92 Å². The number of hydrogen-bond acceptors (Lipinski definition) is 5. The van der Waals surface area contributed by atoms with Gasteiger partial charge in [-0.3, -0.25) is 4.72 Å². The van der Waals surface area contributed by atoms with E-state index in [0.29, 0.717) is 12.2 Å². The van der Waals surface area contributed by atoms with Gasteiger partial charge in [-0.2, -0.15) is 8.42 Å². The monoisotopic (exact) mass is 292 g/mol. The molecule has 2 N–H and O–H groups in total. The first kappa shape index (κ1) is 14.3. The standard InChI is InChI=1S/C13H16N4O2S/c1-3-14-11-5-4-7-16-13(11)20(18,19)17-12-9-10(2)6-8-15-12/h4-9,14H,3H2,1-2H3,(H,15,17). The molecule has 2 aromatic rings. The van der Waals surface area contributed by atoms with Crippen molar-refractivity contribution in [3.63, 3.8) is 0 Å². The van der Waals surface area contributed by atoms with Crippen molar-refractivity contribution in [3.05, 3.63) is 42.2 Å². The van der Waals surface area contributed by atoms with Crippen molar-refractivity contribution in [3.8, 4) is 0 Å². The van der Waals surface area contributed by atoms with Gasteiger partial charge in [0, 0.05) is 18.9 Å². The van der Waals surface area contributed by atoms with E-state index in [1.807, 2.05) is 13.8 Å². The van der Waals surface area contributed by atoms with Crippen LogP contribution in [0.4, 0.5) is 11.5 Å². The normalized spacial score (nSPS) is 11.1. The Morgan fingerprint density at radius 3 is 2.70 bits per heavy atom. The summed E-state index contributed by atoms with van der Waals surface area (Å²) in [5.74, 6) is 0.276. The number of anilines is 2. The first-order chi connectivity index (χ1) is 9.53. The summed E-state index contributed by atoms with van der Waals surface area (Å²) >= 11 is 0. The Hall–Kier alpha value is -2.15. The smallest absolute Gasteiger partial charge is 0.282 e. The third-order valence-corrected chi connectivity index (χ3v) is 3.86. The minimum Gasteiger partial charge on any atom is -0.383 e. The highest BCUT2D eigenvalue weighted by Crippen LogP contribution is 2.20. The SMILES string of the molecule is CCNc1cccnc1S(=O)(=O)Nc1cc(C)ccn1. The molecule has 0 atom stereocenters. The van der Waals surface area contributed by atoms with E-state index in [9.17, 15) is 8.42 Å². The number of nitrogens with zero attached hydrogens (tertiary/aromatic N) is 2. The highest BCUT2D eigenvalue weighted by Gasteiger charge is 2.20. The van der Waals surface area contributed by atoms with Gasteiger partial charge in [-0.15, -0.1) is 0 Å². The summed E-state index contributed by atoms with van der Waals surface area (Å²) in [4.78, 5) is 7.93. The van der Waals surface area contributed by atoms with Gasteiger partial charge in [-0.1, -0.05) is 0 Å². The maximum Gasteiger partial charge on any atom is 0.282 e. The third kappa shape index (κ3) is 3.24. The van der Waals surface area contributed by atoms with Crippen LogP contribution < -0.4 is 10.0 Å². The average molecular weight is 292 g/mol. The van der Waals surface area contributed by atoms with Gasteiger partial charge in [0.05, 0.1) is 5.69 Å². The summed E-state index contributed by atoms with van der Waals surface area (Å²) in [6.07, 6.45) is 3.00. The number of rotatable bonds is 5. The third-order valence-electron chi connectivity index (χ3n) is 2.55. The summed E-state index contributed by atoms with van der Waals surface area (Å²) in [5.41, 5.74) is 1.39. The quantitative estimate of drug-likeness (QED) is 0.880. The van der Waals surface area contributed by atoms with Crippen LogP contribution in [0.3, 0.4) is 0 Å². The van der Waals surface area contributed by atoms with E-state index in [2.05, 4.69) is 20.0 Å². The molecule has 106 valence electrons. The molecule has 7 heteroatoms. The molecule has 0 bridgehead atoms. The number of aromatic nitrogens is 2. The molecule has 2 aromatic heterocycles. The Bertz CT molecular complexity index is 701. The van der Waals surface area contributed by atoms with Crippen molar-refractivity contribution >= 4 is 21.5 Å². The fourth-order valence-corrected chi connectivity index (χ4v) is 2.82. The van der Waals surface area contributed by atoms with Crippen molar-refractivity contribution in [1.29, 1.82) is 0 Å². The van der Waals surface area contributed by atoms with Crippen LogP contribution in [0.1, 0.15) is 12.5 Å². The number of hydrogen-bond donors (Lipinski definition) is 2. The Balaban J connectivity index is 2.36. The zero-order valence-corrected chi connectivity index (χ0v) is 12.1. The molecular formula is C13H16N4O2S. The van der Waals surface area contributed by atoms with Gasteiger partial charge in [0.25, 0.3) is 10.0 Å². The van der Waals surface area contributed by atoms with Gasteiger partial charge < -0.3 is 5.32 Å². The molecule has 2 heterocycles. The van der Waals surface area contributed by atoms with Crippen molar-refractivity contribution in [2.24, 2.45) is 0 Å². The highest BCUT2D eigenvalue weighted by molar-refractivity contribution is 7.92. The lowest BCUT2D eigenvalue weighted by Crippen LogP contribution is -2.17. The molecule has 0 saturated heterocycles. The lowest BCUT2D eigenvalue weighted by molar-refractivity contribution is 0.598. The van der Waals surface area contributed by atoms with Crippen molar-refractivity contribution in [1.82, 2.24) is 9.97 Å². The summed E-state index contributed by atoms with van der Waals surface area (Å²) in [5, 5.41) is 2.94. The predicted molar refractivity (Wildman–Crippen MR) is 78.2 cm³/mol. The molecule has 2 rings (SSSR count). The first-order valence-corrected chi connectivity index (χ1v) is 7.65. The Morgan fingerprint density at radius 2 is 2.00 bits per heavy atom. The second-order valence-corrected chi connectivity index (χ2v) is 5.81. The second-order valence-electron chi connectivity index (χ2n) is 4.21. The molecule has 0 aromatic carbocycles. The second kappa shape index (κ2) is 5.87. The van der Waals surface area contributed by atoms with Gasteiger partial charge in [0.15, 0.2) is 5.03 Å². The Morgan fingerprint density at radius 1 is 1.20 bits per heavy atom. The van der Waals surface area contributed by atoms with Crippen LogP contribution in [0.2, 0.25) is 0 Å². The lowest BCUT2D eigenvalue weighted by Gasteiger charge is -2.11. The van der Waals surface area contributed by atoms with Gasteiger partial charge in [-0.25, -0.2) is 9.97 Å². The molecule has 20 heavy (non-hydrogen) atoms. The van der Waals surface area contributed by atoms with E-state index in [0.717, 1.165) is 5.56 Å². The minimum atomic E-state index is -3.77. The zero-order valence-electron chi connectivity index (χ0n) is 11.3. The van der Waals surface area contributed by atoms with Crippen molar-refractivity contribution < 1.29 is 8.42 Å². The van der Waals surface area contributed by atoms with Crippen LogP contribution in [0.5, 0.6) is 0 Å². The maximum absolute atomic E-state index is 12.4. The topological polar surface area (TPSA) is 84.0 Å². The van der Waals surface area contributed by atoms with Gasteiger partial charge in [0.2, 0.25) is 0 Å². The fraction of sp³-hybridized carbons (Fsp3) is 0.231. The van der Waals surface area contributed by atoms with Crippen LogP contribution in [0.15, 0.2) is 41.7 Å². The molecule has 0 fully saturated rings. The van der Waals surface area contributed by atoms with Gasteiger partial charge >= 0.3 is 0 Å². The highest BCUT2D eigenvalue weighted by atomic mass is 32.2. The summed E-state index contributed by atoms with van der Waals surface area (Å²) in [6.45, 7) is 4.36. The summed E-state index contributed by atoms with van der Waals surface area (Å²) in [6, 6.07) is 6.81. The van der Waals surface area contributed by atoms with Crippen LogP contribution in [-0.2, 0) is 10.0 Å². The molecular weight excluding hydrogens is 276 g/mol. The minimum absolute atomic E-state index is 0.0369. The molecule has 0 aliphatic rings. The number of pyridine rings is 2. The van der Waals surface area contributed by atoms with Gasteiger partial charge in [-0.05, 0) is 43.7 Å². The molecule has 0 aliphatic heterocycles. The maximum atomic E-state index is 12.4. The lowest BCUT2D eigenvalue weighted by atomic mass is 10.3. The molecule has 0 radical (unpaired) electrons. The van der Waals surface area contributed by atoms with E-state index in [-0.39, 0.29) is 10.8 Å². The summed E-state index contributed by atoms with van der Waals surface area (Å²) < 4.78 is 27.1. The van der Waals surface area contributed by atoms with E-state index >= 15 is 0 Å². The van der Waals surface area contributed by atoms with Gasteiger partial charge in [0.1, 0.15) is 5.82 Å². The zero-order chi connectivity index (χ0) is 14.6. The predicted octanol–water partition coefficient (Wildman–Crippen LogP) is 2.02. The first-order valence-electron chi connectivity index (χ1n) is 6.17. The van der Waals surface area contributed by atoms with Crippen LogP contribution in [-0.4, -0.2) is 24.9 Å². The van der Waals surface area contributed by atoms with E-state index in [1.165, 1.54) is 6.20 Å². The average Bonchev–Trinajstić information content (AvgIpc) is 2.39. The van der Waals surface area contributed by atoms with Crippen molar-refractivity contribution in [2.75, 3.05) is 16.6 Å². The number of sulfonamides is 1. The molecule has 6 nitrogen and oxygen atoms in total. The molecule has 0 amide bonds. The summed E-state index contributed by atoms with van der Waals surface area (Å²) in [7, 11) is -3.77. The largest absolute Gasteiger partial charge is 0.383 e. The fourth-order valence-electron chi connectivity index (χ4n) is 1.71. The van der Waals surface area contributed by atoms with E-state index in [1.54, 1.807) is 30.5 Å². The molecule has 0 unspecified atom stereocenters.